The molecule has 1 N–H and O–H groups in total. The molecule has 1 rings (SSSR count). The average Bonchev–Trinajstić information content (AvgIpc) is 2.16. The van der Waals surface area contributed by atoms with Gasteiger partial charge in [0.15, 0.2) is 0 Å². The van der Waals surface area contributed by atoms with Gasteiger partial charge in [-0.05, 0) is 0 Å². The number of alkyl halides is 3. The monoisotopic (exact) mass is 259 g/mol. The van der Waals surface area contributed by atoms with Crippen LogP contribution < -0.4 is 0 Å². The van der Waals surface area contributed by atoms with Crippen molar-refractivity contribution in [3.63, 3.8) is 0 Å². The van der Waals surface area contributed by atoms with E-state index in [1.165, 1.54) is 0 Å². The van der Waals surface area contributed by atoms with E-state index < -0.39 is 32.8 Å². The van der Waals surface area contributed by atoms with Gasteiger partial charge in [0.05, 0.1) is 4.91 Å². The fourth-order valence-electron chi connectivity index (χ4n) is 1.22. The lowest BCUT2D eigenvalue weighted by Crippen LogP contribution is -2.36. The van der Waals surface area contributed by atoms with Gasteiger partial charge < -0.3 is 10.0 Å². The van der Waals surface area contributed by atoms with Crippen LogP contribution in [0.3, 0.4) is 0 Å². The lowest BCUT2D eigenvalue weighted by molar-refractivity contribution is -0.0428. The molecular weight excluding hydrogens is 251 g/mol. The molecule has 0 fully saturated rings. The van der Waals surface area contributed by atoms with E-state index in [1.54, 1.807) is 0 Å². The van der Waals surface area contributed by atoms with Crippen LogP contribution in [0.5, 0.6) is 0 Å². The molecule has 1 aliphatic heterocycles. The Morgan fingerprint density at radius 3 is 2.31 bits per heavy atom. The highest BCUT2D eigenvalue weighted by Crippen LogP contribution is 2.32. The van der Waals surface area contributed by atoms with Crippen LogP contribution in [-0.4, -0.2) is 43.1 Å². The van der Waals surface area contributed by atoms with Crippen LogP contribution in [0.4, 0.5) is 18.0 Å². The molecule has 0 bridgehead atoms. The first-order chi connectivity index (χ1) is 7.16. The molecule has 0 aliphatic carbocycles. The zero-order valence-corrected chi connectivity index (χ0v) is 8.68. The highest BCUT2D eigenvalue weighted by Gasteiger charge is 2.48. The number of carbonyl (C=O) groups is 1. The van der Waals surface area contributed by atoms with Crippen molar-refractivity contribution in [1.82, 2.24) is 4.90 Å². The molecule has 0 aromatic rings. The summed E-state index contributed by atoms with van der Waals surface area (Å²) in [6.07, 6.45) is -0.964. The van der Waals surface area contributed by atoms with Crippen LogP contribution in [-0.2, 0) is 9.84 Å². The minimum Gasteiger partial charge on any atom is -0.465 e. The van der Waals surface area contributed by atoms with Gasteiger partial charge in [0.1, 0.15) is 0 Å². The third-order valence-electron chi connectivity index (χ3n) is 2.09. The fourth-order valence-corrected chi connectivity index (χ4v) is 2.17. The van der Waals surface area contributed by atoms with Crippen molar-refractivity contribution in [1.29, 1.82) is 0 Å². The predicted molar refractivity (Wildman–Crippen MR) is 47.3 cm³/mol. The number of sulfone groups is 1. The average molecular weight is 259 g/mol. The largest absolute Gasteiger partial charge is 0.501 e. The summed E-state index contributed by atoms with van der Waals surface area (Å²) >= 11 is 0. The lowest BCUT2D eigenvalue weighted by Gasteiger charge is -2.23. The van der Waals surface area contributed by atoms with Crippen LogP contribution in [0.1, 0.15) is 6.42 Å². The smallest absolute Gasteiger partial charge is 0.465 e. The molecule has 16 heavy (non-hydrogen) atoms. The molecule has 1 amide bonds. The number of rotatable bonds is 1. The number of amides is 1. The summed E-state index contributed by atoms with van der Waals surface area (Å²) < 4.78 is 58.2. The van der Waals surface area contributed by atoms with Crippen molar-refractivity contribution >= 4 is 15.9 Å². The van der Waals surface area contributed by atoms with Gasteiger partial charge in [0.25, 0.3) is 9.84 Å². The van der Waals surface area contributed by atoms with Gasteiger partial charge in [-0.3, -0.25) is 0 Å². The van der Waals surface area contributed by atoms with E-state index in [1.807, 2.05) is 0 Å². The summed E-state index contributed by atoms with van der Waals surface area (Å²) in [5.41, 5.74) is -5.33. The van der Waals surface area contributed by atoms with E-state index in [0.717, 1.165) is 11.0 Å². The first-order valence-corrected chi connectivity index (χ1v) is 5.63. The second-order valence-corrected chi connectivity index (χ2v) is 5.09. The zero-order valence-electron chi connectivity index (χ0n) is 7.86. The summed E-state index contributed by atoms with van der Waals surface area (Å²) in [5, 5.41) is 8.51. The van der Waals surface area contributed by atoms with Crippen LogP contribution in [0, 0.1) is 0 Å². The molecule has 0 spiro atoms. The Balaban J connectivity index is 2.92. The highest BCUT2D eigenvalue weighted by atomic mass is 32.2. The first-order valence-electron chi connectivity index (χ1n) is 4.14. The Bertz CT molecular complexity index is 425. The molecule has 0 unspecified atom stereocenters. The van der Waals surface area contributed by atoms with E-state index in [-0.39, 0.29) is 13.1 Å². The van der Waals surface area contributed by atoms with E-state index >= 15 is 0 Å². The maximum atomic E-state index is 12.1. The minimum atomic E-state index is -5.33. The Kier molecular flexibility index (Phi) is 3.17. The summed E-state index contributed by atoms with van der Waals surface area (Å²) in [6, 6.07) is 0. The fraction of sp³-hybridized carbons (Fsp3) is 0.571. The van der Waals surface area contributed by atoms with E-state index in [0.29, 0.717) is 0 Å². The molecule has 0 atom stereocenters. The standard InChI is InChI=1S/C7H8F3NO4S/c8-7(9,10)16(14,15)5-1-3-11(4-2-5)6(12)13/h1H,2-4H2,(H,12,13). The molecule has 0 saturated carbocycles. The predicted octanol–water partition coefficient (Wildman–Crippen LogP) is 1.19. The SMILES string of the molecule is O=C(O)N1CC=C(S(=O)(=O)C(F)(F)F)CC1. The molecule has 5 nitrogen and oxygen atoms in total. The Morgan fingerprint density at radius 1 is 1.44 bits per heavy atom. The van der Waals surface area contributed by atoms with E-state index in [2.05, 4.69) is 0 Å². The van der Waals surface area contributed by atoms with Crippen LogP contribution in [0.25, 0.3) is 0 Å². The van der Waals surface area contributed by atoms with Crippen molar-refractivity contribution in [2.45, 2.75) is 11.9 Å². The number of hydrogen-bond acceptors (Lipinski definition) is 3. The van der Waals surface area contributed by atoms with Crippen LogP contribution in [0.2, 0.25) is 0 Å². The third-order valence-corrected chi connectivity index (χ3v) is 3.76. The van der Waals surface area contributed by atoms with Gasteiger partial charge in [0.2, 0.25) is 0 Å². The van der Waals surface area contributed by atoms with Crippen molar-refractivity contribution < 1.29 is 31.5 Å². The lowest BCUT2D eigenvalue weighted by atomic mass is 10.2. The van der Waals surface area contributed by atoms with Gasteiger partial charge in [-0.1, -0.05) is 6.08 Å². The highest BCUT2D eigenvalue weighted by molar-refractivity contribution is 7.96. The number of carboxylic acid groups (broad SMARTS) is 1. The maximum absolute atomic E-state index is 12.1. The topological polar surface area (TPSA) is 74.7 Å². The molecule has 0 saturated heterocycles. The number of nitrogens with zero attached hydrogens (tertiary/aromatic N) is 1. The van der Waals surface area contributed by atoms with Crippen molar-refractivity contribution in [3.05, 3.63) is 11.0 Å². The summed E-state index contributed by atoms with van der Waals surface area (Å²) in [6.45, 7) is -0.601. The van der Waals surface area contributed by atoms with Gasteiger partial charge >= 0.3 is 11.6 Å². The number of hydrogen-bond donors (Lipinski definition) is 1. The van der Waals surface area contributed by atoms with Crippen LogP contribution >= 0.6 is 0 Å². The molecule has 0 aromatic carbocycles. The normalized spacial score (nSPS) is 18.2. The van der Waals surface area contributed by atoms with E-state index in [9.17, 15) is 26.4 Å². The van der Waals surface area contributed by atoms with Crippen molar-refractivity contribution in [3.8, 4) is 0 Å². The molecule has 9 heteroatoms. The van der Waals surface area contributed by atoms with Crippen molar-refractivity contribution in [2.24, 2.45) is 0 Å². The van der Waals surface area contributed by atoms with Gasteiger partial charge in [0, 0.05) is 19.5 Å². The first kappa shape index (κ1) is 12.8. The van der Waals surface area contributed by atoms with Gasteiger partial charge in [-0.25, -0.2) is 13.2 Å². The summed E-state index contributed by atoms with van der Waals surface area (Å²) in [5.74, 6) is 0. The molecular formula is C7H8F3NO4S. The van der Waals surface area contributed by atoms with Crippen LogP contribution in [0.15, 0.2) is 11.0 Å². The zero-order chi connectivity index (χ0) is 12.6. The Labute approximate surface area is 89.1 Å². The summed E-state index contributed by atoms with van der Waals surface area (Å²) in [4.78, 5) is 10.5. The quantitative estimate of drug-likeness (QED) is 0.767. The Morgan fingerprint density at radius 2 is 2.00 bits per heavy atom. The molecule has 1 aliphatic rings. The molecule has 1 heterocycles. The summed E-state index contributed by atoms with van der Waals surface area (Å²) in [7, 11) is -5.31. The van der Waals surface area contributed by atoms with Gasteiger partial charge in [-0.15, -0.1) is 0 Å². The van der Waals surface area contributed by atoms with Gasteiger partial charge in [-0.2, -0.15) is 13.2 Å². The van der Waals surface area contributed by atoms with Crippen molar-refractivity contribution in [2.75, 3.05) is 13.1 Å². The second kappa shape index (κ2) is 3.96. The minimum absolute atomic E-state index is 0.253. The maximum Gasteiger partial charge on any atom is 0.501 e. The van der Waals surface area contributed by atoms with E-state index in [4.69, 9.17) is 5.11 Å². The molecule has 92 valence electrons. The molecule has 0 aromatic heterocycles. The molecule has 0 radical (unpaired) electrons. The third kappa shape index (κ3) is 2.29. The Hall–Kier alpha value is -1.25. The second-order valence-electron chi connectivity index (χ2n) is 3.10. The number of halogens is 3.